The molecule has 8 heteroatoms. The molecule has 2 aromatic heterocycles. The molecule has 0 spiro atoms. The lowest BCUT2D eigenvalue weighted by atomic mass is 10.2. The molecule has 3 rings (SSSR count). The zero-order valence-electron chi connectivity index (χ0n) is 11.4. The Balaban J connectivity index is 1.72. The average Bonchev–Trinajstić information content (AvgIpc) is 2.78. The molecule has 0 aliphatic carbocycles. The molecule has 0 saturated carbocycles. The molecule has 0 bridgehead atoms. The third-order valence-corrected chi connectivity index (χ3v) is 3.13. The van der Waals surface area contributed by atoms with E-state index in [2.05, 4.69) is 25.0 Å². The van der Waals surface area contributed by atoms with Gasteiger partial charge in [-0.2, -0.15) is 0 Å². The summed E-state index contributed by atoms with van der Waals surface area (Å²) in [5.74, 6) is 0.351. The predicted molar refractivity (Wildman–Crippen MR) is 73.0 cm³/mol. The van der Waals surface area contributed by atoms with Crippen molar-refractivity contribution >= 4 is 0 Å². The summed E-state index contributed by atoms with van der Waals surface area (Å²) in [5.41, 5.74) is 0.589. The second kappa shape index (κ2) is 6.51. The molecule has 0 amide bonds. The van der Waals surface area contributed by atoms with Gasteiger partial charge in [-0.3, -0.25) is 9.51 Å². The second-order valence-corrected chi connectivity index (χ2v) is 4.76. The van der Waals surface area contributed by atoms with Gasteiger partial charge in [-0.15, -0.1) is 0 Å². The Bertz CT molecular complexity index is 631. The third kappa shape index (κ3) is 3.47. The number of H-pyrrole nitrogens is 1. The molecule has 1 atom stereocenters. The molecule has 21 heavy (non-hydrogen) atoms. The van der Waals surface area contributed by atoms with Gasteiger partial charge < -0.3 is 14.8 Å². The Kier molecular flexibility index (Phi) is 4.27. The van der Waals surface area contributed by atoms with Crippen molar-refractivity contribution in [2.45, 2.75) is 0 Å². The fourth-order valence-electron chi connectivity index (χ4n) is 2.10. The lowest BCUT2D eigenvalue weighted by molar-refractivity contribution is 0.101. The van der Waals surface area contributed by atoms with Gasteiger partial charge in [0.1, 0.15) is 0 Å². The maximum Gasteiger partial charge on any atom is 0.439 e. The average molecular weight is 292 g/mol. The van der Waals surface area contributed by atoms with E-state index in [1.807, 2.05) is 0 Å². The van der Waals surface area contributed by atoms with E-state index >= 15 is 0 Å². The van der Waals surface area contributed by atoms with Gasteiger partial charge in [0.05, 0.1) is 25.4 Å². The molecule has 1 fully saturated rings. The van der Waals surface area contributed by atoms with Crippen LogP contribution in [0.25, 0.3) is 11.4 Å². The SMILES string of the molecule is O=c1[nH]c(-c2cccnc2OCC2CNCCOC2)no1. The number of nitrogens with zero attached hydrogens (tertiary/aromatic N) is 2. The van der Waals surface area contributed by atoms with Crippen LogP contribution in [0, 0.1) is 5.92 Å². The van der Waals surface area contributed by atoms with Gasteiger partial charge in [-0.1, -0.05) is 5.16 Å². The summed E-state index contributed by atoms with van der Waals surface area (Å²) in [4.78, 5) is 17.7. The first kappa shape index (κ1) is 13.8. The maximum atomic E-state index is 11.0. The molecule has 112 valence electrons. The van der Waals surface area contributed by atoms with Crippen LogP contribution in [0.5, 0.6) is 5.88 Å². The molecule has 0 aromatic carbocycles. The fraction of sp³-hybridized carbons (Fsp3) is 0.462. The molecular weight excluding hydrogens is 276 g/mol. The predicted octanol–water partition coefficient (Wildman–Crippen LogP) is 0.0397. The number of hydrogen-bond donors (Lipinski definition) is 2. The maximum absolute atomic E-state index is 11.0. The van der Waals surface area contributed by atoms with E-state index in [4.69, 9.17) is 9.47 Å². The molecule has 0 radical (unpaired) electrons. The van der Waals surface area contributed by atoms with Crippen molar-refractivity contribution in [2.75, 3.05) is 32.9 Å². The molecule has 1 aliphatic heterocycles. The van der Waals surface area contributed by atoms with Crippen LogP contribution in [0.3, 0.4) is 0 Å². The summed E-state index contributed by atoms with van der Waals surface area (Å²) in [7, 11) is 0. The van der Waals surface area contributed by atoms with Crippen LogP contribution in [-0.2, 0) is 4.74 Å². The monoisotopic (exact) mass is 292 g/mol. The van der Waals surface area contributed by atoms with Gasteiger partial charge in [0.15, 0.2) is 5.82 Å². The van der Waals surface area contributed by atoms with Gasteiger partial charge >= 0.3 is 5.76 Å². The van der Waals surface area contributed by atoms with Crippen LogP contribution in [0.2, 0.25) is 0 Å². The molecule has 8 nitrogen and oxygen atoms in total. The van der Waals surface area contributed by atoms with Crippen molar-refractivity contribution < 1.29 is 14.0 Å². The van der Waals surface area contributed by atoms with Gasteiger partial charge in [0.2, 0.25) is 5.88 Å². The third-order valence-electron chi connectivity index (χ3n) is 3.13. The summed E-state index contributed by atoms with van der Waals surface area (Å²) >= 11 is 0. The lowest BCUT2D eigenvalue weighted by Crippen LogP contribution is -2.27. The number of hydrogen-bond acceptors (Lipinski definition) is 7. The molecular formula is C13H16N4O4. The van der Waals surface area contributed by atoms with Gasteiger partial charge in [-0.05, 0) is 12.1 Å². The molecule has 1 saturated heterocycles. The minimum atomic E-state index is -0.610. The number of aromatic nitrogens is 3. The number of nitrogens with one attached hydrogen (secondary N) is 2. The largest absolute Gasteiger partial charge is 0.477 e. The molecule has 1 aliphatic rings. The van der Waals surface area contributed by atoms with Crippen LogP contribution in [0.1, 0.15) is 0 Å². The summed E-state index contributed by atoms with van der Waals surface area (Å²) < 4.78 is 15.7. The highest BCUT2D eigenvalue weighted by molar-refractivity contribution is 5.60. The van der Waals surface area contributed by atoms with Crippen molar-refractivity contribution in [3.8, 4) is 17.3 Å². The Morgan fingerprint density at radius 3 is 3.29 bits per heavy atom. The minimum absolute atomic E-state index is 0.249. The van der Waals surface area contributed by atoms with Crippen LogP contribution < -0.4 is 15.8 Å². The van der Waals surface area contributed by atoms with E-state index < -0.39 is 5.76 Å². The van der Waals surface area contributed by atoms with Crippen molar-refractivity contribution in [3.05, 3.63) is 28.9 Å². The van der Waals surface area contributed by atoms with Crippen LogP contribution >= 0.6 is 0 Å². The van der Waals surface area contributed by atoms with Crippen LogP contribution in [0.4, 0.5) is 0 Å². The van der Waals surface area contributed by atoms with Crippen LogP contribution in [-0.4, -0.2) is 48.0 Å². The normalized spacial score (nSPS) is 19.1. The first-order valence-corrected chi connectivity index (χ1v) is 6.75. The van der Waals surface area contributed by atoms with Gasteiger partial charge in [0.25, 0.3) is 0 Å². The molecule has 2 N–H and O–H groups in total. The van der Waals surface area contributed by atoms with Crippen molar-refractivity contribution in [1.29, 1.82) is 0 Å². The Hall–Kier alpha value is -2.19. The zero-order chi connectivity index (χ0) is 14.5. The number of rotatable bonds is 4. The van der Waals surface area contributed by atoms with Crippen molar-refractivity contribution in [1.82, 2.24) is 20.4 Å². The summed E-state index contributed by atoms with van der Waals surface area (Å²) in [6.45, 7) is 3.52. The number of aromatic amines is 1. The summed E-state index contributed by atoms with van der Waals surface area (Å²) in [5, 5.41) is 6.94. The first-order valence-electron chi connectivity index (χ1n) is 6.75. The summed E-state index contributed by atoms with van der Waals surface area (Å²) in [6.07, 6.45) is 1.62. The molecule has 1 unspecified atom stereocenters. The van der Waals surface area contributed by atoms with Crippen LogP contribution in [0.15, 0.2) is 27.6 Å². The Morgan fingerprint density at radius 1 is 1.48 bits per heavy atom. The lowest BCUT2D eigenvalue weighted by Gasteiger charge is -2.15. The second-order valence-electron chi connectivity index (χ2n) is 4.76. The van der Waals surface area contributed by atoms with Gasteiger partial charge in [0, 0.05) is 25.2 Å². The minimum Gasteiger partial charge on any atom is -0.477 e. The van der Waals surface area contributed by atoms with E-state index in [1.165, 1.54) is 0 Å². The Morgan fingerprint density at radius 2 is 2.43 bits per heavy atom. The highest BCUT2D eigenvalue weighted by Gasteiger charge is 2.16. The Labute approximate surface area is 120 Å². The fourth-order valence-corrected chi connectivity index (χ4v) is 2.10. The molecule has 2 aromatic rings. The standard InChI is InChI=1S/C13H16N4O4/c18-13-16-11(17-21-13)10-2-1-3-15-12(10)20-8-9-6-14-4-5-19-7-9/h1-3,9,14H,4-8H2,(H,16,17,18). The van der Waals surface area contributed by atoms with Crippen molar-refractivity contribution in [3.63, 3.8) is 0 Å². The van der Waals surface area contributed by atoms with E-state index in [-0.39, 0.29) is 5.92 Å². The zero-order valence-corrected chi connectivity index (χ0v) is 11.4. The quantitative estimate of drug-likeness (QED) is 0.820. The van der Waals surface area contributed by atoms with E-state index in [1.54, 1.807) is 18.3 Å². The first-order chi connectivity index (χ1) is 10.3. The highest BCUT2D eigenvalue weighted by Crippen LogP contribution is 2.24. The van der Waals surface area contributed by atoms with Gasteiger partial charge in [-0.25, -0.2) is 9.78 Å². The van der Waals surface area contributed by atoms with E-state index in [0.717, 1.165) is 13.1 Å². The topological polar surface area (TPSA) is 102 Å². The van der Waals surface area contributed by atoms with Crippen molar-refractivity contribution in [2.24, 2.45) is 5.92 Å². The highest BCUT2D eigenvalue weighted by atomic mass is 16.5. The number of ether oxygens (including phenoxy) is 2. The molecule has 3 heterocycles. The number of pyridine rings is 1. The summed E-state index contributed by atoms with van der Waals surface area (Å²) in [6, 6.07) is 3.50. The van der Waals surface area contributed by atoms with E-state index in [9.17, 15) is 4.79 Å². The smallest absolute Gasteiger partial charge is 0.439 e. The van der Waals surface area contributed by atoms with E-state index in [0.29, 0.717) is 37.1 Å².